The molecular formula is C8H18N2O2S. The Morgan fingerprint density at radius 3 is 2.38 bits per heavy atom. The number of nitrogens with two attached hydrogens (primary N) is 1. The van der Waals surface area contributed by atoms with E-state index in [0.717, 1.165) is 12.8 Å². The summed E-state index contributed by atoms with van der Waals surface area (Å²) < 4.78 is 25.7. The zero-order chi connectivity index (χ0) is 10.1. The summed E-state index contributed by atoms with van der Waals surface area (Å²) in [4.78, 5) is 0. The lowest BCUT2D eigenvalue weighted by Crippen LogP contribution is -2.42. The number of nitrogens with one attached hydrogen (secondary N) is 1. The molecule has 2 atom stereocenters. The molecule has 3 N–H and O–H groups in total. The van der Waals surface area contributed by atoms with Crippen LogP contribution in [0.3, 0.4) is 0 Å². The van der Waals surface area contributed by atoms with E-state index in [9.17, 15) is 8.42 Å². The van der Waals surface area contributed by atoms with Gasteiger partial charge in [-0.2, -0.15) is 0 Å². The summed E-state index contributed by atoms with van der Waals surface area (Å²) >= 11 is 0. The van der Waals surface area contributed by atoms with E-state index < -0.39 is 15.3 Å². The van der Waals surface area contributed by atoms with Crippen molar-refractivity contribution in [2.24, 2.45) is 11.7 Å². The van der Waals surface area contributed by atoms with Crippen molar-refractivity contribution in [3.05, 3.63) is 0 Å². The van der Waals surface area contributed by atoms with Crippen molar-refractivity contribution in [2.45, 2.75) is 38.0 Å². The molecule has 1 fully saturated rings. The van der Waals surface area contributed by atoms with Gasteiger partial charge in [-0.1, -0.05) is 0 Å². The number of hydrogen-bond donors (Lipinski definition) is 2. The second-order valence-electron chi connectivity index (χ2n) is 3.84. The van der Waals surface area contributed by atoms with Gasteiger partial charge in [-0.3, -0.25) is 0 Å². The number of sulfonamides is 1. The van der Waals surface area contributed by atoms with Crippen LogP contribution in [-0.4, -0.2) is 26.3 Å². The molecule has 13 heavy (non-hydrogen) atoms. The molecule has 0 aromatic heterocycles. The van der Waals surface area contributed by atoms with E-state index in [2.05, 4.69) is 4.72 Å². The fourth-order valence-corrected chi connectivity index (χ4v) is 2.39. The fraction of sp³-hybridized carbons (Fsp3) is 1.00. The molecule has 78 valence electrons. The smallest absolute Gasteiger partial charge is 0.215 e. The van der Waals surface area contributed by atoms with Crippen LogP contribution < -0.4 is 10.5 Å². The van der Waals surface area contributed by atoms with Crippen molar-refractivity contribution in [3.8, 4) is 0 Å². The van der Waals surface area contributed by atoms with Crippen molar-refractivity contribution in [2.75, 3.05) is 6.54 Å². The third kappa shape index (κ3) is 2.93. The van der Waals surface area contributed by atoms with Gasteiger partial charge in [0.1, 0.15) is 0 Å². The first-order valence-corrected chi connectivity index (χ1v) is 6.23. The van der Waals surface area contributed by atoms with Crippen LogP contribution >= 0.6 is 0 Å². The topological polar surface area (TPSA) is 72.2 Å². The molecule has 2 unspecified atom stereocenters. The molecular weight excluding hydrogens is 188 g/mol. The maximum absolute atomic E-state index is 11.5. The van der Waals surface area contributed by atoms with E-state index in [4.69, 9.17) is 5.73 Å². The maximum Gasteiger partial charge on any atom is 0.215 e. The second-order valence-corrected chi connectivity index (χ2v) is 5.97. The molecule has 4 nitrogen and oxygen atoms in total. The van der Waals surface area contributed by atoms with Crippen LogP contribution in [0.15, 0.2) is 0 Å². The summed E-state index contributed by atoms with van der Waals surface area (Å²) in [7, 11) is -3.19. The van der Waals surface area contributed by atoms with E-state index in [1.165, 1.54) is 0 Å². The second kappa shape index (κ2) is 3.94. The molecule has 0 aromatic rings. The van der Waals surface area contributed by atoms with Gasteiger partial charge in [0.05, 0.1) is 5.25 Å². The summed E-state index contributed by atoms with van der Waals surface area (Å²) in [6, 6.07) is 0.0685. The summed E-state index contributed by atoms with van der Waals surface area (Å²) in [5.74, 6) is 0.541. The van der Waals surface area contributed by atoms with Gasteiger partial charge in [0.15, 0.2) is 0 Å². The Hall–Kier alpha value is -0.130. The highest BCUT2D eigenvalue weighted by Crippen LogP contribution is 2.32. The van der Waals surface area contributed by atoms with Gasteiger partial charge in [0.2, 0.25) is 10.0 Å². The van der Waals surface area contributed by atoms with Crippen LogP contribution in [0.1, 0.15) is 26.7 Å². The van der Waals surface area contributed by atoms with E-state index in [0.29, 0.717) is 5.92 Å². The first kappa shape index (κ1) is 10.9. The Kier molecular flexibility index (Phi) is 3.32. The Labute approximate surface area is 79.9 Å². The molecule has 1 aliphatic rings. The van der Waals surface area contributed by atoms with Crippen LogP contribution in [-0.2, 0) is 10.0 Å². The zero-order valence-electron chi connectivity index (χ0n) is 8.16. The molecule has 1 aliphatic carbocycles. The third-order valence-electron chi connectivity index (χ3n) is 2.54. The molecule has 0 heterocycles. The van der Waals surface area contributed by atoms with Crippen molar-refractivity contribution in [3.63, 3.8) is 0 Å². The van der Waals surface area contributed by atoms with Crippen molar-refractivity contribution in [1.29, 1.82) is 0 Å². The molecule has 0 saturated heterocycles. The third-order valence-corrected chi connectivity index (χ3v) is 4.49. The highest BCUT2D eigenvalue weighted by Gasteiger charge is 2.32. The van der Waals surface area contributed by atoms with Crippen molar-refractivity contribution >= 4 is 10.0 Å². The lowest BCUT2D eigenvalue weighted by atomic mass is 10.2. The van der Waals surface area contributed by atoms with Crippen molar-refractivity contribution in [1.82, 2.24) is 4.72 Å². The van der Waals surface area contributed by atoms with E-state index in [1.54, 1.807) is 6.92 Å². The van der Waals surface area contributed by atoms with Crippen LogP contribution in [0.5, 0.6) is 0 Å². The summed E-state index contributed by atoms with van der Waals surface area (Å²) in [5.41, 5.74) is 5.31. The van der Waals surface area contributed by atoms with Crippen LogP contribution in [0, 0.1) is 5.92 Å². The molecule has 1 rings (SSSR count). The first-order chi connectivity index (χ1) is 5.97. The van der Waals surface area contributed by atoms with Gasteiger partial charge < -0.3 is 5.73 Å². The molecule has 0 radical (unpaired) electrons. The normalized spacial score (nSPS) is 22.7. The summed E-state index contributed by atoms with van der Waals surface area (Å²) in [6.45, 7) is 3.72. The lowest BCUT2D eigenvalue weighted by molar-refractivity contribution is 0.529. The predicted octanol–water partition coefficient (Wildman–Crippen LogP) is 0.0515. The maximum atomic E-state index is 11.5. The highest BCUT2D eigenvalue weighted by molar-refractivity contribution is 7.90. The highest BCUT2D eigenvalue weighted by atomic mass is 32.2. The van der Waals surface area contributed by atoms with Crippen LogP contribution in [0.4, 0.5) is 0 Å². The number of rotatable bonds is 5. The lowest BCUT2D eigenvalue weighted by Gasteiger charge is -2.16. The largest absolute Gasteiger partial charge is 0.329 e. The Balaban J connectivity index is 2.50. The van der Waals surface area contributed by atoms with Gasteiger partial charge in [-0.15, -0.1) is 0 Å². The van der Waals surface area contributed by atoms with Gasteiger partial charge in [-0.25, -0.2) is 13.1 Å². The molecule has 0 aliphatic heterocycles. The minimum atomic E-state index is -3.19. The molecule has 0 amide bonds. The molecule has 0 aromatic carbocycles. The van der Waals surface area contributed by atoms with E-state index in [1.807, 2.05) is 6.92 Å². The standard InChI is InChI=1S/C8H18N2O2S/c1-6(5-9)13(11,12)10-7(2)8-3-4-8/h6-8,10H,3-5,9H2,1-2H3. The monoisotopic (exact) mass is 206 g/mol. The molecule has 5 heteroatoms. The van der Waals surface area contributed by atoms with E-state index >= 15 is 0 Å². The van der Waals surface area contributed by atoms with Gasteiger partial charge in [0, 0.05) is 12.6 Å². The van der Waals surface area contributed by atoms with Crippen LogP contribution in [0.25, 0.3) is 0 Å². The minimum absolute atomic E-state index is 0.0685. The molecule has 0 bridgehead atoms. The fourth-order valence-electron chi connectivity index (χ4n) is 1.19. The average Bonchev–Trinajstić information content (AvgIpc) is 2.84. The number of hydrogen-bond acceptors (Lipinski definition) is 3. The summed E-state index contributed by atoms with van der Waals surface area (Å²) in [6.07, 6.45) is 2.28. The molecule has 0 spiro atoms. The quantitative estimate of drug-likeness (QED) is 0.667. The van der Waals surface area contributed by atoms with Crippen LogP contribution in [0.2, 0.25) is 0 Å². The van der Waals surface area contributed by atoms with E-state index in [-0.39, 0.29) is 12.6 Å². The average molecular weight is 206 g/mol. The van der Waals surface area contributed by atoms with Gasteiger partial charge in [0.25, 0.3) is 0 Å². The van der Waals surface area contributed by atoms with Gasteiger partial charge >= 0.3 is 0 Å². The van der Waals surface area contributed by atoms with Gasteiger partial charge in [-0.05, 0) is 32.6 Å². The SMILES string of the molecule is CC(NS(=O)(=O)C(C)CN)C1CC1. The predicted molar refractivity (Wildman–Crippen MR) is 52.8 cm³/mol. The first-order valence-electron chi connectivity index (χ1n) is 4.68. The zero-order valence-corrected chi connectivity index (χ0v) is 8.97. The Morgan fingerprint density at radius 1 is 1.46 bits per heavy atom. The summed E-state index contributed by atoms with van der Waals surface area (Å²) in [5, 5.41) is -0.492. The minimum Gasteiger partial charge on any atom is -0.329 e. The van der Waals surface area contributed by atoms with Crippen molar-refractivity contribution < 1.29 is 8.42 Å². The Bertz CT molecular complexity index is 259. The Morgan fingerprint density at radius 2 is 2.00 bits per heavy atom. The molecule has 1 saturated carbocycles.